The minimum Gasteiger partial charge on any atom is -0.508 e. The van der Waals surface area contributed by atoms with Crippen LogP contribution in [-0.4, -0.2) is 10.9 Å². The maximum atomic E-state index is 12.7. The SMILES string of the molecule is CCCCc1c(C(=O)c2ccc(O)cc2)oc2ccccc12. The predicted molar refractivity (Wildman–Crippen MR) is 86.4 cm³/mol. The molecule has 0 aliphatic rings. The van der Waals surface area contributed by atoms with Crippen molar-refractivity contribution in [2.24, 2.45) is 0 Å². The Morgan fingerprint density at radius 3 is 2.55 bits per heavy atom. The van der Waals surface area contributed by atoms with Gasteiger partial charge in [-0.25, -0.2) is 0 Å². The van der Waals surface area contributed by atoms with E-state index in [9.17, 15) is 9.90 Å². The summed E-state index contributed by atoms with van der Waals surface area (Å²) in [7, 11) is 0. The molecule has 3 heteroatoms. The van der Waals surface area contributed by atoms with Gasteiger partial charge in [-0.2, -0.15) is 0 Å². The Morgan fingerprint density at radius 1 is 1.09 bits per heavy atom. The summed E-state index contributed by atoms with van der Waals surface area (Å²) in [5.74, 6) is 0.426. The quantitative estimate of drug-likeness (QED) is 0.693. The first-order valence-electron chi connectivity index (χ1n) is 7.55. The van der Waals surface area contributed by atoms with E-state index in [4.69, 9.17) is 4.42 Å². The summed E-state index contributed by atoms with van der Waals surface area (Å²) < 4.78 is 5.83. The zero-order valence-corrected chi connectivity index (χ0v) is 12.5. The van der Waals surface area contributed by atoms with Crippen molar-refractivity contribution >= 4 is 16.8 Å². The molecule has 2 aromatic carbocycles. The van der Waals surface area contributed by atoms with Crippen molar-refractivity contribution in [3.05, 3.63) is 65.4 Å². The summed E-state index contributed by atoms with van der Waals surface area (Å²) in [4.78, 5) is 12.7. The van der Waals surface area contributed by atoms with Gasteiger partial charge in [0.15, 0.2) is 5.76 Å². The van der Waals surface area contributed by atoms with E-state index in [0.29, 0.717) is 11.3 Å². The lowest BCUT2D eigenvalue weighted by atomic mass is 10.00. The van der Waals surface area contributed by atoms with Gasteiger partial charge in [-0.15, -0.1) is 0 Å². The molecule has 0 aliphatic carbocycles. The molecule has 112 valence electrons. The average molecular weight is 294 g/mol. The van der Waals surface area contributed by atoms with Crippen molar-refractivity contribution in [1.82, 2.24) is 0 Å². The molecule has 0 saturated heterocycles. The number of furan rings is 1. The normalized spacial score (nSPS) is 11.0. The van der Waals surface area contributed by atoms with E-state index in [0.717, 1.165) is 35.8 Å². The lowest BCUT2D eigenvalue weighted by Crippen LogP contribution is -2.03. The van der Waals surface area contributed by atoms with Crippen LogP contribution in [0.25, 0.3) is 11.0 Å². The predicted octanol–water partition coefficient (Wildman–Crippen LogP) is 4.71. The number of rotatable bonds is 5. The van der Waals surface area contributed by atoms with Gasteiger partial charge in [0.2, 0.25) is 5.78 Å². The smallest absolute Gasteiger partial charge is 0.228 e. The van der Waals surface area contributed by atoms with Crippen LogP contribution in [0.2, 0.25) is 0 Å². The van der Waals surface area contributed by atoms with Gasteiger partial charge in [-0.05, 0) is 43.2 Å². The molecule has 3 aromatic rings. The van der Waals surface area contributed by atoms with Gasteiger partial charge in [0.1, 0.15) is 11.3 Å². The fraction of sp³-hybridized carbons (Fsp3) is 0.211. The summed E-state index contributed by atoms with van der Waals surface area (Å²) >= 11 is 0. The van der Waals surface area contributed by atoms with Gasteiger partial charge in [0, 0.05) is 16.5 Å². The van der Waals surface area contributed by atoms with Crippen molar-refractivity contribution in [1.29, 1.82) is 0 Å². The van der Waals surface area contributed by atoms with Crippen molar-refractivity contribution in [2.75, 3.05) is 0 Å². The van der Waals surface area contributed by atoms with E-state index in [1.807, 2.05) is 24.3 Å². The highest BCUT2D eigenvalue weighted by atomic mass is 16.3. The van der Waals surface area contributed by atoms with Crippen LogP contribution in [0.5, 0.6) is 5.75 Å². The van der Waals surface area contributed by atoms with Gasteiger partial charge < -0.3 is 9.52 Å². The molecule has 1 heterocycles. The van der Waals surface area contributed by atoms with E-state index < -0.39 is 0 Å². The van der Waals surface area contributed by atoms with Crippen molar-refractivity contribution in [2.45, 2.75) is 26.2 Å². The maximum Gasteiger partial charge on any atom is 0.228 e. The number of ketones is 1. The van der Waals surface area contributed by atoms with Crippen LogP contribution in [0.15, 0.2) is 52.9 Å². The number of para-hydroxylation sites is 1. The van der Waals surface area contributed by atoms with Gasteiger partial charge in [0.05, 0.1) is 0 Å². The second kappa shape index (κ2) is 6.06. The number of benzene rings is 2. The monoisotopic (exact) mass is 294 g/mol. The largest absolute Gasteiger partial charge is 0.508 e. The van der Waals surface area contributed by atoms with Crippen molar-refractivity contribution in [3.63, 3.8) is 0 Å². The second-order valence-corrected chi connectivity index (χ2v) is 5.39. The molecule has 0 unspecified atom stereocenters. The zero-order chi connectivity index (χ0) is 15.5. The van der Waals surface area contributed by atoms with Crippen LogP contribution < -0.4 is 0 Å². The molecule has 0 fully saturated rings. The molecule has 0 bridgehead atoms. The number of aromatic hydroxyl groups is 1. The van der Waals surface area contributed by atoms with Gasteiger partial charge in [-0.1, -0.05) is 31.5 Å². The van der Waals surface area contributed by atoms with Crippen LogP contribution in [0.3, 0.4) is 0 Å². The number of aryl methyl sites for hydroxylation is 1. The van der Waals surface area contributed by atoms with E-state index >= 15 is 0 Å². The van der Waals surface area contributed by atoms with Crippen LogP contribution in [-0.2, 0) is 6.42 Å². The first-order chi connectivity index (χ1) is 10.7. The van der Waals surface area contributed by atoms with Gasteiger partial charge in [0.25, 0.3) is 0 Å². The van der Waals surface area contributed by atoms with Crippen LogP contribution >= 0.6 is 0 Å². The van der Waals surface area contributed by atoms with Crippen LogP contribution in [0.4, 0.5) is 0 Å². The molecule has 3 nitrogen and oxygen atoms in total. The van der Waals surface area contributed by atoms with Crippen LogP contribution in [0.1, 0.15) is 41.4 Å². The number of carbonyl (C=O) groups is 1. The number of unbranched alkanes of at least 4 members (excludes halogenated alkanes) is 1. The molecule has 0 spiro atoms. The van der Waals surface area contributed by atoms with Crippen LogP contribution in [0, 0.1) is 0 Å². The molecule has 3 rings (SSSR count). The Kier molecular flexibility index (Phi) is 3.96. The van der Waals surface area contributed by atoms with E-state index in [-0.39, 0.29) is 11.5 Å². The molecule has 0 saturated carbocycles. The lowest BCUT2D eigenvalue weighted by molar-refractivity contribution is 0.101. The number of phenols is 1. The third-order valence-electron chi connectivity index (χ3n) is 3.81. The Morgan fingerprint density at radius 2 is 1.82 bits per heavy atom. The summed E-state index contributed by atoms with van der Waals surface area (Å²) in [5, 5.41) is 10.4. The average Bonchev–Trinajstić information content (AvgIpc) is 2.91. The minimum atomic E-state index is -0.137. The van der Waals surface area contributed by atoms with E-state index in [2.05, 4.69) is 6.92 Å². The molecule has 1 N–H and O–H groups in total. The summed E-state index contributed by atoms with van der Waals surface area (Å²) in [6.45, 7) is 2.13. The summed E-state index contributed by atoms with van der Waals surface area (Å²) in [5.41, 5.74) is 2.25. The molecular formula is C19H18O3. The molecule has 0 aliphatic heterocycles. The number of fused-ring (bicyclic) bond motifs is 1. The standard InChI is InChI=1S/C19H18O3/c1-2-3-6-16-15-7-4-5-8-17(15)22-19(16)18(21)13-9-11-14(20)12-10-13/h4-5,7-12,20H,2-3,6H2,1H3. The molecule has 22 heavy (non-hydrogen) atoms. The highest BCUT2D eigenvalue weighted by molar-refractivity contribution is 6.10. The number of carbonyl (C=O) groups excluding carboxylic acids is 1. The molecule has 0 amide bonds. The van der Waals surface area contributed by atoms with Gasteiger partial charge >= 0.3 is 0 Å². The molecular weight excluding hydrogens is 276 g/mol. The highest BCUT2D eigenvalue weighted by Gasteiger charge is 2.21. The fourth-order valence-electron chi connectivity index (χ4n) is 2.63. The van der Waals surface area contributed by atoms with Crippen molar-refractivity contribution < 1.29 is 14.3 Å². The Labute approximate surface area is 129 Å². The Bertz CT molecular complexity index is 797. The van der Waals surface area contributed by atoms with Crippen molar-refractivity contribution in [3.8, 4) is 5.75 Å². The number of phenolic OH excluding ortho intramolecular Hbond substituents is 1. The first-order valence-corrected chi connectivity index (χ1v) is 7.55. The van der Waals surface area contributed by atoms with E-state index in [1.165, 1.54) is 12.1 Å². The number of hydrogen-bond donors (Lipinski definition) is 1. The maximum absolute atomic E-state index is 12.7. The zero-order valence-electron chi connectivity index (χ0n) is 12.5. The third kappa shape index (κ3) is 2.62. The summed E-state index contributed by atoms with van der Waals surface area (Å²) in [6, 6.07) is 14.0. The molecule has 0 atom stereocenters. The summed E-state index contributed by atoms with van der Waals surface area (Å²) in [6.07, 6.45) is 2.90. The Balaban J connectivity index is 2.08. The number of hydrogen-bond acceptors (Lipinski definition) is 3. The van der Waals surface area contributed by atoms with E-state index in [1.54, 1.807) is 12.1 Å². The fourth-order valence-corrected chi connectivity index (χ4v) is 2.63. The highest BCUT2D eigenvalue weighted by Crippen LogP contribution is 2.29. The molecule has 1 aromatic heterocycles. The third-order valence-corrected chi connectivity index (χ3v) is 3.81. The van der Waals surface area contributed by atoms with Gasteiger partial charge in [-0.3, -0.25) is 4.79 Å². The second-order valence-electron chi connectivity index (χ2n) is 5.39. The topological polar surface area (TPSA) is 50.4 Å². The molecule has 0 radical (unpaired) electrons. The minimum absolute atomic E-state index is 0.137. The Hall–Kier alpha value is -2.55. The first kappa shape index (κ1) is 14.4. The lowest BCUT2D eigenvalue weighted by Gasteiger charge is -2.02.